The molecule has 186 valence electrons. The van der Waals surface area contributed by atoms with Crippen LogP contribution >= 0.6 is 0 Å². The third-order valence-corrected chi connectivity index (χ3v) is 7.51. The normalized spacial score (nSPS) is 14.4. The van der Waals surface area contributed by atoms with Gasteiger partial charge in [0.15, 0.2) is 0 Å². The van der Waals surface area contributed by atoms with Crippen molar-refractivity contribution < 1.29 is 0 Å². The van der Waals surface area contributed by atoms with Gasteiger partial charge in [-0.3, -0.25) is 9.98 Å². The molecular formula is C37H28N2. The van der Waals surface area contributed by atoms with E-state index in [0.29, 0.717) is 0 Å². The molecule has 0 bridgehead atoms. The number of aliphatic imine (C=N–C) groups is 2. The van der Waals surface area contributed by atoms with Gasteiger partial charge in [0.05, 0.1) is 11.4 Å². The van der Waals surface area contributed by atoms with E-state index in [1.54, 1.807) is 0 Å². The molecule has 0 aliphatic carbocycles. The summed E-state index contributed by atoms with van der Waals surface area (Å²) in [5.41, 5.74) is 8.45. The number of hydrogen-bond acceptors (Lipinski definition) is 2. The Morgan fingerprint density at radius 3 is 1.18 bits per heavy atom. The average Bonchev–Trinajstić information content (AvgIpc) is 3.32. The van der Waals surface area contributed by atoms with Gasteiger partial charge < -0.3 is 0 Å². The van der Waals surface area contributed by atoms with Crippen molar-refractivity contribution in [3.05, 3.63) is 145 Å². The Labute approximate surface area is 229 Å². The molecule has 2 heteroatoms. The highest BCUT2D eigenvalue weighted by Crippen LogP contribution is 2.32. The highest BCUT2D eigenvalue weighted by Gasteiger charge is 2.28. The lowest BCUT2D eigenvalue weighted by atomic mass is 9.94. The molecule has 0 saturated carbocycles. The molecule has 0 atom stereocenters. The first-order valence-electron chi connectivity index (χ1n) is 13.4. The number of rotatable bonds is 4. The number of nitrogens with zero attached hydrogens (tertiary/aromatic N) is 2. The van der Waals surface area contributed by atoms with Gasteiger partial charge >= 0.3 is 0 Å². The second-order valence-electron chi connectivity index (χ2n) is 10.6. The summed E-state index contributed by atoms with van der Waals surface area (Å²) >= 11 is 0. The Bertz CT molecular complexity index is 1760. The van der Waals surface area contributed by atoms with E-state index >= 15 is 0 Å². The zero-order valence-corrected chi connectivity index (χ0v) is 22.1. The summed E-state index contributed by atoms with van der Waals surface area (Å²) in [7, 11) is 0. The fourth-order valence-corrected chi connectivity index (χ4v) is 5.65. The zero-order valence-electron chi connectivity index (χ0n) is 22.1. The predicted octanol–water partition coefficient (Wildman–Crippen LogP) is 9.36. The van der Waals surface area contributed by atoms with Crippen molar-refractivity contribution in [2.75, 3.05) is 0 Å². The molecule has 1 aliphatic rings. The SMILES string of the molecule is CC1(C)N=C(c2ccc(-c3cccc4ccccc34)cc2)C(c2ccc(-c3cccc4ccccc34)cc2)=N1. The minimum Gasteiger partial charge on any atom is -0.253 e. The maximum absolute atomic E-state index is 5.04. The van der Waals surface area contributed by atoms with E-state index in [9.17, 15) is 0 Å². The molecule has 0 unspecified atom stereocenters. The van der Waals surface area contributed by atoms with Crippen molar-refractivity contribution in [3.63, 3.8) is 0 Å². The molecule has 2 nitrogen and oxygen atoms in total. The van der Waals surface area contributed by atoms with Crippen LogP contribution in [0.1, 0.15) is 25.0 Å². The lowest BCUT2D eigenvalue weighted by molar-refractivity contribution is 0.567. The topological polar surface area (TPSA) is 24.7 Å². The van der Waals surface area contributed by atoms with Crippen molar-refractivity contribution >= 4 is 33.0 Å². The van der Waals surface area contributed by atoms with Crippen LogP contribution < -0.4 is 0 Å². The Kier molecular flexibility index (Phi) is 5.49. The largest absolute Gasteiger partial charge is 0.253 e. The minimum absolute atomic E-state index is 0.493. The molecule has 0 N–H and O–H groups in total. The van der Waals surface area contributed by atoms with Crippen molar-refractivity contribution in [1.29, 1.82) is 0 Å². The summed E-state index contributed by atoms with van der Waals surface area (Å²) in [5, 5.41) is 5.03. The van der Waals surface area contributed by atoms with E-state index in [2.05, 4.69) is 147 Å². The highest BCUT2D eigenvalue weighted by atomic mass is 15.1. The van der Waals surface area contributed by atoms with Crippen LogP contribution in [0.2, 0.25) is 0 Å². The summed E-state index contributed by atoms with van der Waals surface area (Å²) in [6.07, 6.45) is 0. The number of fused-ring (bicyclic) bond motifs is 2. The molecule has 39 heavy (non-hydrogen) atoms. The number of benzene rings is 6. The maximum atomic E-state index is 5.04. The van der Waals surface area contributed by atoms with E-state index < -0.39 is 5.66 Å². The third kappa shape index (κ3) is 4.24. The summed E-state index contributed by atoms with van der Waals surface area (Å²) in [5.74, 6) is 0. The molecule has 1 aliphatic heterocycles. The molecule has 0 saturated heterocycles. The van der Waals surface area contributed by atoms with Crippen molar-refractivity contribution in [1.82, 2.24) is 0 Å². The minimum atomic E-state index is -0.493. The van der Waals surface area contributed by atoms with Gasteiger partial charge in [0.1, 0.15) is 5.66 Å². The standard InChI is InChI=1S/C37H28N2/c1-37(2)38-35(29-21-17-27(18-22-29)33-15-7-11-25-9-3-5-13-31(25)33)36(39-37)30-23-19-28(20-24-30)34-16-8-12-26-10-4-6-14-32(26)34/h3-24H,1-2H3. The molecule has 6 aromatic rings. The first kappa shape index (κ1) is 23.3. The zero-order chi connectivity index (χ0) is 26.4. The van der Waals surface area contributed by atoms with Crippen LogP contribution in [0.4, 0.5) is 0 Å². The van der Waals surface area contributed by atoms with Crippen LogP contribution in [-0.4, -0.2) is 17.1 Å². The maximum Gasteiger partial charge on any atom is 0.146 e. The monoisotopic (exact) mass is 500 g/mol. The lowest BCUT2D eigenvalue weighted by Gasteiger charge is -2.11. The fraction of sp³-hybridized carbons (Fsp3) is 0.0811. The molecule has 0 aromatic heterocycles. The van der Waals surface area contributed by atoms with Crippen molar-refractivity contribution in [3.8, 4) is 22.3 Å². The highest BCUT2D eigenvalue weighted by molar-refractivity contribution is 6.54. The molecule has 0 spiro atoms. The van der Waals surface area contributed by atoms with Gasteiger partial charge in [-0.05, 0) is 57.6 Å². The van der Waals surface area contributed by atoms with Gasteiger partial charge in [-0.1, -0.05) is 133 Å². The van der Waals surface area contributed by atoms with Crippen LogP contribution in [0.3, 0.4) is 0 Å². The van der Waals surface area contributed by atoms with E-state index in [0.717, 1.165) is 22.6 Å². The second kappa shape index (κ2) is 9.18. The van der Waals surface area contributed by atoms with Gasteiger partial charge in [-0.25, -0.2) is 0 Å². The van der Waals surface area contributed by atoms with Gasteiger partial charge in [-0.15, -0.1) is 0 Å². The van der Waals surface area contributed by atoms with E-state index in [-0.39, 0.29) is 0 Å². The van der Waals surface area contributed by atoms with E-state index in [1.165, 1.54) is 43.8 Å². The van der Waals surface area contributed by atoms with Gasteiger partial charge in [0.2, 0.25) is 0 Å². The second-order valence-corrected chi connectivity index (χ2v) is 10.6. The lowest BCUT2D eigenvalue weighted by Crippen LogP contribution is -2.13. The third-order valence-electron chi connectivity index (χ3n) is 7.51. The average molecular weight is 501 g/mol. The first-order valence-corrected chi connectivity index (χ1v) is 13.4. The van der Waals surface area contributed by atoms with Crippen LogP contribution in [0.25, 0.3) is 43.8 Å². The van der Waals surface area contributed by atoms with E-state index in [4.69, 9.17) is 9.98 Å². The van der Waals surface area contributed by atoms with Crippen molar-refractivity contribution in [2.45, 2.75) is 19.5 Å². The summed E-state index contributed by atoms with van der Waals surface area (Å²) in [6, 6.07) is 47.6. The van der Waals surface area contributed by atoms with Gasteiger partial charge in [-0.2, -0.15) is 0 Å². The molecule has 0 amide bonds. The molecule has 1 heterocycles. The quantitative estimate of drug-likeness (QED) is 0.230. The first-order chi connectivity index (χ1) is 19.1. The number of hydrogen-bond donors (Lipinski definition) is 0. The molecule has 6 aromatic carbocycles. The fourth-order valence-electron chi connectivity index (χ4n) is 5.65. The van der Waals surface area contributed by atoms with Gasteiger partial charge in [0.25, 0.3) is 0 Å². The predicted molar refractivity (Wildman–Crippen MR) is 166 cm³/mol. The van der Waals surface area contributed by atoms with Crippen LogP contribution in [0, 0.1) is 0 Å². The van der Waals surface area contributed by atoms with Crippen LogP contribution in [-0.2, 0) is 0 Å². The summed E-state index contributed by atoms with van der Waals surface area (Å²) < 4.78 is 0. The Morgan fingerprint density at radius 2 is 0.744 bits per heavy atom. The smallest absolute Gasteiger partial charge is 0.146 e. The Balaban J connectivity index is 1.23. The van der Waals surface area contributed by atoms with Crippen LogP contribution in [0.15, 0.2) is 143 Å². The van der Waals surface area contributed by atoms with Gasteiger partial charge in [0, 0.05) is 11.1 Å². The van der Waals surface area contributed by atoms with Crippen LogP contribution in [0.5, 0.6) is 0 Å². The summed E-state index contributed by atoms with van der Waals surface area (Å²) in [6.45, 7) is 4.13. The molecular weight excluding hydrogens is 472 g/mol. The van der Waals surface area contributed by atoms with E-state index in [1.807, 2.05) is 0 Å². The molecule has 0 fully saturated rings. The molecule has 0 radical (unpaired) electrons. The molecule has 7 rings (SSSR count). The van der Waals surface area contributed by atoms with Crippen molar-refractivity contribution in [2.24, 2.45) is 9.98 Å². The summed E-state index contributed by atoms with van der Waals surface area (Å²) in [4.78, 5) is 10.1. The Hall–Kier alpha value is -4.82. The Morgan fingerprint density at radius 1 is 0.385 bits per heavy atom.